The summed E-state index contributed by atoms with van der Waals surface area (Å²) in [5.41, 5.74) is 6.94. The van der Waals surface area contributed by atoms with Crippen molar-refractivity contribution < 1.29 is 0 Å². The van der Waals surface area contributed by atoms with Crippen molar-refractivity contribution in [1.29, 1.82) is 5.26 Å². The number of hydrogen-bond acceptors (Lipinski definition) is 3. The van der Waals surface area contributed by atoms with Crippen LogP contribution in [0.25, 0.3) is 0 Å². The molecule has 0 fully saturated rings. The number of benzene rings is 1. The molecule has 1 rings (SSSR count). The molecule has 92 valence electrons. The normalized spacial score (nSPS) is 10.4. The molecule has 0 bridgehead atoms. The van der Waals surface area contributed by atoms with Crippen LogP contribution in [-0.4, -0.2) is 24.5 Å². The number of nitrogens with two attached hydrogens (primary N) is 1. The third-order valence-corrected chi connectivity index (χ3v) is 2.71. The van der Waals surface area contributed by atoms with E-state index in [4.69, 9.17) is 11.0 Å². The molecule has 2 N–H and O–H groups in total. The fraction of sp³-hybridized carbons (Fsp3) is 0.500. The van der Waals surface area contributed by atoms with Gasteiger partial charge >= 0.3 is 0 Å². The minimum Gasteiger partial charge on any atom is -0.329 e. The monoisotopic (exact) mass is 231 g/mol. The van der Waals surface area contributed by atoms with Crippen molar-refractivity contribution in [2.45, 2.75) is 25.8 Å². The Morgan fingerprint density at radius 1 is 1.12 bits per heavy atom. The van der Waals surface area contributed by atoms with E-state index in [9.17, 15) is 0 Å². The van der Waals surface area contributed by atoms with Crippen LogP contribution in [0.1, 0.15) is 24.8 Å². The number of rotatable bonds is 8. The molecule has 0 aliphatic heterocycles. The molecule has 1 aromatic carbocycles. The van der Waals surface area contributed by atoms with E-state index in [1.165, 1.54) is 5.56 Å². The van der Waals surface area contributed by atoms with E-state index in [-0.39, 0.29) is 0 Å². The van der Waals surface area contributed by atoms with Crippen LogP contribution in [0, 0.1) is 11.3 Å². The fourth-order valence-electron chi connectivity index (χ4n) is 1.83. The highest BCUT2D eigenvalue weighted by Crippen LogP contribution is 2.06. The highest BCUT2D eigenvalue weighted by atomic mass is 15.1. The molecule has 0 aromatic heterocycles. The van der Waals surface area contributed by atoms with Crippen LogP contribution in [0.3, 0.4) is 0 Å². The average molecular weight is 231 g/mol. The fourth-order valence-corrected chi connectivity index (χ4v) is 1.83. The first-order chi connectivity index (χ1) is 8.36. The predicted molar refractivity (Wildman–Crippen MR) is 70.2 cm³/mol. The predicted octanol–water partition coefficient (Wildman–Crippen LogP) is 2.14. The molecular formula is C14H21N3. The van der Waals surface area contributed by atoms with E-state index in [0.717, 1.165) is 32.5 Å². The van der Waals surface area contributed by atoms with E-state index in [1.807, 2.05) is 6.07 Å². The van der Waals surface area contributed by atoms with Crippen LogP contribution < -0.4 is 5.73 Å². The third kappa shape index (κ3) is 6.06. The molecule has 0 aliphatic carbocycles. The molecule has 0 amide bonds. The highest BCUT2D eigenvalue weighted by molar-refractivity contribution is 5.14. The first-order valence-electron chi connectivity index (χ1n) is 6.20. The molecule has 0 radical (unpaired) electrons. The van der Waals surface area contributed by atoms with Gasteiger partial charge < -0.3 is 5.73 Å². The third-order valence-electron chi connectivity index (χ3n) is 2.71. The van der Waals surface area contributed by atoms with Crippen molar-refractivity contribution in [2.24, 2.45) is 5.73 Å². The lowest BCUT2D eigenvalue weighted by Gasteiger charge is -2.21. The van der Waals surface area contributed by atoms with Crippen molar-refractivity contribution in [3.8, 4) is 6.07 Å². The minimum atomic E-state index is 0.655. The lowest BCUT2D eigenvalue weighted by atomic mass is 10.2. The molecule has 0 saturated heterocycles. The summed E-state index contributed by atoms with van der Waals surface area (Å²) in [7, 11) is 0. The lowest BCUT2D eigenvalue weighted by Crippen LogP contribution is -2.30. The number of unbranched alkanes of at least 4 members (excludes halogenated alkanes) is 2. The molecule has 3 nitrogen and oxygen atoms in total. The molecule has 3 heteroatoms. The van der Waals surface area contributed by atoms with Gasteiger partial charge in [-0.3, -0.25) is 4.90 Å². The first kappa shape index (κ1) is 13.7. The van der Waals surface area contributed by atoms with Crippen LogP contribution >= 0.6 is 0 Å². The summed E-state index contributed by atoms with van der Waals surface area (Å²) in [4.78, 5) is 2.35. The minimum absolute atomic E-state index is 0.655. The summed E-state index contributed by atoms with van der Waals surface area (Å²) < 4.78 is 0. The molecular weight excluding hydrogens is 210 g/mol. The maximum absolute atomic E-state index is 8.49. The summed E-state index contributed by atoms with van der Waals surface area (Å²) in [5, 5.41) is 8.49. The summed E-state index contributed by atoms with van der Waals surface area (Å²) in [6.45, 7) is 3.57. The molecule has 0 spiro atoms. The zero-order valence-electron chi connectivity index (χ0n) is 10.3. The quantitative estimate of drug-likeness (QED) is 0.697. The molecule has 17 heavy (non-hydrogen) atoms. The van der Waals surface area contributed by atoms with Gasteiger partial charge in [-0.05, 0) is 24.9 Å². The van der Waals surface area contributed by atoms with Crippen LogP contribution in [0.2, 0.25) is 0 Å². The topological polar surface area (TPSA) is 53.0 Å². The van der Waals surface area contributed by atoms with Crippen LogP contribution in [0.5, 0.6) is 0 Å². The second-order valence-corrected chi connectivity index (χ2v) is 4.17. The van der Waals surface area contributed by atoms with Crippen LogP contribution in [0.15, 0.2) is 30.3 Å². The molecule has 0 atom stereocenters. The maximum atomic E-state index is 8.49. The van der Waals surface area contributed by atoms with Gasteiger partial charge in [0.25, 0.3) is 0 Å². The Morgan fingerprint density at radius 2 is 1.88 bits per heavy atom. The summed E-state index contributed by atoms with van der Waals surface area (Å²) in [5.74, 6) is 0. The molecule has 0 heterocycles. The van der Waals surface area contributed by atoms with E-state index in [2.05, 4.69) is 35.2 Å². The van der Waals surface area contributed by atoms with Gasteiger partial charge in [-0.15, -0.1) is 0 Å². The second kappa shape index (κ2) is 8.74. The summed E-state index contributed by atoms with van der Waals surface area (Å²) in [6.07, 6.45) is 2.70. The zero-order valence-corrected chi connectivity index (χ0v) is 10.3. The van der Waals surface area contributed by atoms with Crippen molar-refractivity contribution >= 4 is 0 Å². The van der Waals surface area contributed by atoms with Crippen molar-refractivity contribution in [3.63, 3.8) is 0 Å². The molecule has 0 unspecified atom stereocenters. The van der Waals surface area contributed by atoms with Crippen LogP contribution in [0.4, 0.5) is 0 Å². The Bertz CT molecular complexity index is 329. The Balaban J connectivity index is 2.35. The SMILES string of the molecule is N#CCCCCN(CCN)Cc1ccccc1. The average Bonchev–Trinajstić information content (AvgIpc) is 2.36. The molecule has 0 aliphatic rings. The smallest absolute Gasteiger partial charge is 0.0621 e. The molecule has 0 saturated carbocycles. The maximum Gasteiger partial charge on any atom is 0.0621 e. The van der Waals surface area contributed by atoms with Gasteiger partial charge in [0.1, 0.15) is 0 Å². The van der Waals surface area contributed by atoms with Crippen molar-refractivity contribution in [3.05, 3.63) is 35.9 Å². The van der Waals surface area contributed by atoms with Gasteiger partial charge in [-0.2, -0.15) is 5.26 Å². The zero-order chi connectivity index (χ0) is 12.3. The van der Waals surface area contributed by atoms with Crippen LogP contribution in [-0.2, 0) is 6.54 Å². The summed E-state index contributed by atoms with van der Waals surface area (Å²) in [6, 6.07) is 12.6. The Labute approximate surface area is 104 Å². The number of hydrogen-bond donors (Lipinski definition) is 1. The number of nitriles is 1. The Hall–Kier alpha value is -1.37. The van der Waals surface area contributed by atoms with E-state index in [0.29, 0.717) is 13.0 Å². The van der Waals surface area contributed by atoms with Gasteiger partial charge in [0, 0.05) is 26.1 Å². The standard InChI is InChI=1S/C14H21N3/c15-9-5-2-6-11-17(12-10-16)13-14-7-3-1-4-8-14/h1,3-4,7-8H,2,5-6,10-13,16H2. The number of nitrogens with zero attached hydrogens (tertiary/aromatic N) is 2. The molecule has 1 aromatic rings. The first-order valence-corrected chi connectivity index (χ1v) is 6.20. The van der Waals surface area contributed by atoms with Gasteiger partial charge in [0.2, 0.25) is 0 Å². The Kier molecular flexibility index (Phi) is 7.04. The van der Waals surface area contributed by atoms with Gasteiger partial charge in [-0.1, -0.05) is 30.3 Å². The largest absolute Gasteiger partial charge is 0.329 e. The van der Waals surface area contributed by atoms with Crippen molar-refractivity contribution in [1.82, 2.24) is 4.90 Å². The highest BCUT2D eigenvalue weighted by Gasteiger charge is 2.04. The summed E-state index contributed by atoms with van der Waals surface area (Å²) >= 11 is 0. The van der Waals surface area contributed by atoms with E-state index < -0.39 is 0 Å². The van der Waals surface area contributed by atoms with Crippen molar-refractivity contribution in [2.75, 3.05) is 19.6 Å². The van der Waals surface area contributed by atoms with Gasteiger partial charge in [0.05, 0.1) is 6.07 Å². The Morgan fingerprint density at radius 3 is 2.53 bits per heavy atom. The van der Waals surface area contributed by atoms with Gasteiger partial charge in [-0.25, -0.2) is 0 Å². The van der Waals surface area contributed by atoms with E-state index in [1.54, 1.807) is 0 Å². The lowest BCUT2D eigenvalue weighted by molar-refractivity contribution is 0.267. The van der Waals surface area contributed by atoms with E-state index >= 15 is 0 Å². The van der Waals surface area contributed by atoms with Gasteiger partial charge in [0.15, 0.2) is 0 Å². The second-order valence-electron chi connectivity index (χ2n) is 4.17.